The monoisotopic (exact) mass is 319 g/mol. The fourth-order valence-corrected chi connectivity index (χ4v) is 3.31. The zero-order valence-corrected chi connectivity index (χ0v) is 13.3. The van der Waals surface area contributed by atoms with Crippen LogP contribution >= 0.6 is 0 Å². The first-order valence-electron chi connectivity index (χ1n) is 7.85. The van der Waals surface area contributed by atoms with Crippen molar-refractivity contribution in [2.75, 3.05) is 0 Å². The maximum atomic E-state index is 12.6. The van der Waals surface area contributed by atoms with E-state index >= 15 is 0 Å². The topological polar surface area (TPSA) is 96.3 Å². The van der Waals surface area contributed by atoms with Crippen LogP contribution in [-0.4, -0.2) is 44.1 Å². The number of aryl methyl sites for hydroxylation is 1. The molecule has 23 heavy (non-hydrogen) atoms. The van der Waals surface area contributed by atoms with Crippen LogP contribution in [0.15, 0.2) is 12.3 Å². The van der Waals surface area contributed by atoms with Gasteiger partial charge in [0.15, 0.2) is 0 Å². The number of aromatic nitrogens is 2. The first-order chi connectivity index (χ1) is 10.9. The Hall–Kier alpha value is -2.38. The minimum atomic E-state index is -0.841. The Morgan fingerprint density at radius 2 is 2.13 bits per heavy atom. The average molecular weight is 319 g/mol. The van der Waals surface area contributed by atoms with E-state index in [1.807, 2.05) is 0 Å². The van der Waals surface area contributed by atoms with Gasteiger partial charge in [-0.15, -0.1) is 0 Å². The summed E-state index contributed by atoms with van der Waals surface area (Å²) >= 11 is 0. The molecule has 4 amide bonds. The normalized spacial score (nSPS) is 20.9. The molecule has 3 rings (SSSR count). The number of amides is 4. The predicted octanol–water partition coefficient (Wildman–Crippen LogP) is 0.289. The van der Waals surface area contributed by atoms with Gasteiger partial charge in [0.05, 0.1) is 12.2 Å². The molecule has 1 spiro atoms. The van der Waals surface area contributed by atoms with Crippen molar-refractivity contribution in [2.24, 2.45) is 7.05 Å². The molecule has 2 fully saturated rings. The van der Waals surface area contributed by atoms with Crippen molar-refractivity contribution in [1.82, 2.24) is 25.3 Å². The number of carbonyl (C=O) groups is 3. The number of nitrogens with zero attached hydrogens (tertiary/aromatic N) is 3. The van der Waals surface area contributed by atoms with Gasteiger partial charge in [-0.1, -0.05) is 12.8 Å². The Balaban J connectivity index is 1.64. The number of imide groups is 1. The van der Waals surface area contributed by atoms with Gasteiger partial charge in [0.2, 0.25) is 5.91 Å². The molecule has 8 heteroatoms. The fourth-order valence-electron chi connectivity index (χ4n) is 3.31. The van der Waals surface area contributed by atoms with Crippen LogP contribution in [0.3, 0.4) is 0 Å². The molecule has 2 aliphatic rings. The maximum Gasteiger partial charge on any atom is 0.325 e. The van der Waals surface area contributed by atoms with Gasteiger partial charge in [0, 0.05) is 13.2 Å². The third-order valence-corrected chi connectivity index (χ3v) is 4.63. The molecule has 1 aromatic heterocycles. The molecule has 1 saturated heterocycles. The molecule has 1 aliphatic carbocycles. The van der Waals surface area contributed by atoms with Crippen LogP contribution in [0.4, 0.5) is 4.79 Å². The Kier molecular flexibility index (Phi) is 3.83. The lowest BCUT2D eigenvalue weighted by Crippen LogP contribution is -2.49. The molecule has 8 nitrogen and oxygen atoms in total. The van der Waals surface area contributed by atoms with Crippen molar-refractivity contribution in [3.63, 3.8) is 0 Å². The van der Waals surface area contributed by atoms with Crippen molar-refractivity contribution in [1.29, 1.82) is 0 Å². The van der Waals surface area contributed by atoms with E-state index in [0.29, 0.717) is 12.8 Å². The number of nitrogens with one attached hydrogen (secondary N) is 2. The molecule has 1 aromatic rings. The maximum absolute atomic E-state index is 12.6. The van der Waals surface area contributed by atoms with Gasteiger partial charge in [-0.3, -0.25) is 14.3 Å². The lowest BCUT2D eigenvalue weighted by Gasteiger charge is -2.23. The van der Waals surface area contributed by atoms with Crippen molar-refractivity contribution >= 4 is 17.8 Å². The predicted molar refractivity (Wildman–Crippen MR) is 81.1 cm³/mol. The first kappa shape index (κ1) is 15.5. The summed E-state index contributed by atoms with van der Waals surface area (Å²) in [4.78, 5) is 38.1. The Morgan fingerprint density at radius 3 is 2.74 bits per heavy atom. The zero-order valence-electron chi connectivity index (χ0n) is 13.3. The summed E-state index contributed by atoms with van der Waals surface area (Å²) in [5.41, 5.74) is -0.0652. The zero-order chi connectivity index (χ0) is 16.6. The number of hydrogen-bond donors (Lipinski definition) is 2. The van der Waals surface area contributed by atoms with Gasteiger partial charge in [0.1, 0.15) is 11.6 Å². The number of carbonyl (C=O) groups excluding carboxylic acids is 3. The third-order valence-electron chi connectivity index (χ3n) is 4.63. The van der Waals surface area contributed by atoms with E-state index in [4.69, 9.17) is 0 Å². The van der Waals surface area contributed by atoms with Crippen LogP contribution in [0, 0.1) is 0 Å². The van der Waals surface area contributed by atoms with Crippen LogP contribution in [0.5, 0.6) is 0 Å². The van der Waals surface area contributed by atoms with E-state index in [9.17, 15) is 14.4 Å². The molecule has 0 radical (unpaired) electrons. The Bertz CT molecular complexity index is 647. The van der Waals surface area contributed by atoms with Gasteiger partial charge in [-0.25, -0.2) is 9.69 Å². The van der Waals surface area contributed by atoms with Crippen molar-refractivity contribution in [2.45, 2.75) is 50.7 Å². The van der Waals surface area contributed by atoms with E-state index in [-0.39, 0.29) is 18.4 Å². The highest BCUT2D eigenvalue weighted by atomic mass is 16.2. The standard InChI is InChI=1S/C15H21N5O3/c1-10(12(21)16-9-11-5-8-19(2)18-11)20-13(22)15(17-14(20)23)6-3-4-7-15/h5,8,10H,3-4,6-7,9H2,1-2H3,(H,16,21)(H,17,23)/t10-/m0/s1. The molecule has 1 atom stereocenters. The molecule has 2 N–H and O–H groups in total. The smallest absolute Gasteiger partial charge is 0.325 e. The van der Waals surface area contributed by atoms with Gasteiger partial charge in [-0.2, -0.15) is 5.10 Å². The minimum Gasteiger partial charge on any atom is -0.349 e. The summed E-state index contributed by atoms with van der Waals surface area (Å²) in [6, 6.07) is 0.482. The van der Waals surface area contributed by atoms with Crippen LogP contribution < -0.4 is 10.6 Å². The Morgan fingerprint density at radius 1 is 1.43 bits per heavy atom. The first-order valence-corrected chi connectivity index (χ1v) is 7.85. The summed E-state index contributed by atoms with van der Waals surface area (Å²) in [5.74, 6) is -0.644. The molecule has 1 saturated carbocycles. The van der Waals surface area contributed by atoms with E-state index in [0.717, 1.165) is 23.4 Å². The van der Waals surface area contributed by atoms with Crippen LogP contribution in [0.25, 0.3) is 0 Å². The molecule has 2 heterocycles. The molecule has 0 aromatic carbocycles. The van der Waals surface area contributed by atoms with Crippen molar-refractivity contribution < 1.29 is 14.4 Å². The fraction of sp³-hybridized carbons (Fsp3) is 0.600. The van der Waals surface area contributed by atoms with Crippen LogP contribution in [-0.2, 0) is 23.2 Å². The second kappa shape index (κ2) is 5.68. The molecule has 0 unspecified atom stereocenters. The van der Waals surface area contributed by atoms with Crippen LogP contribution in [0.2, 0.25) is 0 Å². The van der Waals surface area contributed by atoms with Crippen LogP contribution in [0.1, 0.15) is 38.3 Å². The molecular weight excluding hydrogens is 298 g/mol. The lowest BCUT2D eigenvalue weighted by atomic mass is 9.97. The highest BCUT2D eigenvalue weighted by molar-refractivity contribution is 6.09. The van der Waals surface area contributed by atoms with E-state index < -0.39 is 17.6 Å². The van der Waals surface area contributed by atoms with Gasteiger partial charge in [-0.05, 0) is 25.8 Å². The summed E-state index contributed by atoms with van der Waals surface area (Å²) in [5, 5.41) is 9.67. The molecule has 1 aliphatic heterocycles. The van der Waals surface area contributed by atoms with Crippen molar-refractivity contribution in [3.05, 3.63) is 18.0 Å². The highest BCUT2D eigenvalue weighted by Gasteiger charge is 2.54. The summed E-state index contributed by atoms with van der Waals surface area (Å²) < 4.78 is 1.65. The van der Waals surface area contributed by atoms with Gasteiger partial charge >= 0.3 is 6.03 Å². The Labute approximate surface area is 134 Å². The third kappa shape index (κ3) is 2.69. The quantitative estimate of drug-likeness (QED) is 0.780. The second-order valence-electron chi connectivity index (χ2n) is 6.27. The molecule has 124 valence electrons. The highest BCUT2D eigenvalue weighted by Crippen LogP contribution is 2.35. The minimum absolute atomic E-state index is 0.263. The largest absolute Gasteiger partial charge is 0.349 e. The number of urea groups is 1. The number of hydrogen-bond acceptors (Lipinski definition) is 4. The molecule has 0 bridgehead atoms. The van der Waals surface area contributed by atoms with E-state index in [2.05, 4.69) is 15.7 Å². The van der Waals surface area contributed by atoms with E-state index in [1.54, 1.807) is 30.9 Å². The van der Waals surface area contributed by atoms with E-state index in [1.165, 1.54) is 0 Å². The number of rotatable bonds is 4. The average Bonchev–Trinajstić information content (AvgIpc) is 3.19. The summed E-state index contributed by atoms with van der Waals surface area (Å²) in [6.07, 6.45) is 4.92. The van der Waals surface area contributed by atoms with Crippen molar-refractivity contribution in [3.8, 4) is 0 Å². The summed E-state index contributed by atoms with van der Waals surface area (Å²) in [6.45, 7) is 1.83. The second-order valence-corrected chi connectivity index (χ2v) is 6.27. The van der Waals surface area contributed by atoms with Gasteiger partial charge in [0.25, 0.3) is 5.91 Å². The van der Waals surface area contributed by atoms with Gasteiger partial charge < -0.3 is 10.6 Å². The molecular formula is C15H21N5O3. The summed E-state index contributed by atoms with van der Waals surface area (Å²) in [7, 11) is 1.79. The SMILES string of the molecule is C[C@@H](C(=O)NCc1ccn(C)n1)N1C(=O)NC2(CCCC2)C1=O. The lowest BCUT2D eigenvalue weighted by molar-refractivity contribution is -0.137.